The van der Waals surface area contributed by atoms with Gasteiger partial charge in [0.05, 0.1) is 6.61 Å². The number of ether oxygens (including phenoxy) is 1. The first kappa shape index (κ1) is 23.4. The van der Waals surface area contributed by atoms with Crippen LogP contribution in [0.15, 0.2) is 48.5 Å². The van der Waals surface area contributed by atoms with Gasteiger partial charge in [-0.3, -0.25) is 0 Å². The number of anilines is 1. The first-order chi connectivity index (χ1) is 15.0. The van der Waals surface area contributed by atoms with Gasteiger partial charge in [0.1, 0.15) is 5.75 Å². The predicted octanol–water partition coefficient (Wildman–Crippen LogP) is 5.31. The second kappa shape index (κ2) is 12.0. The van der Waals surface area contributed by atoms with Crippen LogP contribution in [0.4, 0.5) is 14.5 Å². The van der Waals surface area contributed by atoms with Gasteiger partial charge >= 0.3 is 0 Å². The molecule has 1 N–H and O–H groups in total. The molecule has 168 valence electrons. The van der Waals surface area contributed by atoms with Crippen LogP contribution in [0.1, 0.15) is 32.1 Å². The Morgan fingerprint density at radius 2 is 1.81 bits per heavy atom. The van der Waals surface area contributed by atoms with E-state index in [-0.39, 0.29) is 0 Å². The summed E-state index contributed by atoms with van der Waals surface area (Å²) in [7, 11) is 2.07. The van der Waals surface area contributed by atoms with Crippen molar-refractivity contribution in [3.63, 3.8) is 0 Å². The second-order valence-electron chi connectivity index (χ2n) is 7.96. The molecule has 0 atom stereocenters. The minimum atomic E-state index is -0.872. The molecule has 0 amide bonds. The predicted molar refractivity (Wildman–Crippen MR) is 126 cm³/mol. The van der Waals surface area contributed by atoms with Crippen molar-refractivity contribution in [2.75, 3.05) is 38.6 Å². The van der Waals surface area contributed by atoms with Gasteiger partial charge in [-0.25, -0.2) is 8.78 Å². The first-order valence-corrected chi connectivity index (χ1v) is 11.3. The maximum atomic E-state index is 13.2. The number of piperidine rings is 1. The largest absolute Gasteiger partial charge is 0.493 e. The quantitative estimate of drug-likeness (QED) is 0.416. The molecule has 1 heterocycles. The Morgan fingerprint density at radius 1 is 1.06 bits per heavy atom. The minimum Gasteiger partial charge on any atom is -0.493 e. The lowest BCUT2D eigenvalue weighted by atomic mass is 10.0. The van der Waals surface area contributed by atoms with E-state index in [4.69, 9.17) is 17.0 Å². The zero-order valence-electron chi connectivity index (χ0n) is 18.0. The highest BCUT2D eigenvalue weighted by atomic mass is 32.1. The maximum absolute atomic E-state index is 13.2. The molecule has 4 nitrogen and oxygen atoms in total. The van der Waals surface area contributed by atoms with Crippen molar-refractivity contribution < 1.29 is 13.5 Å². The highest BCUT2D eigenvalue weighted by molar-refractivity contribution is 7.80. The third-order valence-electron chi connectivity index (χ3n) is 5.73. The van der Waals surface area contributed by atoms with Crippen molar-refractivity contribution in [1.82, 2.24) is 9.80 Å². The van der Waals surface area contributed by atoms with Crippen LogP contribution in [-0.4, -0.2) is 54.2 Å². The molecule has 7 heteroatoms. The van der Waals surface area contributed by atoms with E-state index in [1.165, 1.54) is 6.07 Å². The maximum Gasteiger partial charge on any atom is 0.173 e. The van der Waals surface area contributed by atoms with Gasteiger partial charge < -0.3 is 19.9 Å². The van der Waals surface area contributed by atoms with Gasteiger partial charge in [0, 0.05) is 37.9 Å². The van der Waals surface area contributed by atoms with Crippen molar-refractivity contribution in [1.29, 1.82) is 0 Å². The van der Waals surface area contributed by atoms with Gasteiger partial charge in [0.25, 0.3) is 0 Å². The van der Waals surface area contributed by atoms with Crippen molar-refractivity contribution >= 4 is 23.0 Å². The summed E-state index contributed by atoms with van der Waals surface area (Å²) in [5, 5.41) is 4.08. The molecule has 2 aromatic rings. The fourth-order valence-electron chi connectivity index (χ4n) is 3.80. The van der Waals surface area contributed by atoms with Gasteiger partial charge in [-0.1, -0.05) is 18.2 Å². The molecule has 1 aliphatic heterocycles. The first-order valence-electron chi connectivity index (χ1n) is 10.9. The SMILES string of the molecule is CN(C(=S)Nc1ccccc1)C1CCN(CCCCCOc2ccc(F)c(F)c2)CC1. The number of hydrogen-bond donors (Lipinski definition) is 1. The molecule has 0 spiro atoms. The lowest BCUT2D eigenvalue weighted by molar-refractivity contribution is 0.163. The number of hydrogen-bond acceptors (Lipinski definition) is 3. The number of benzene rings is 2. The summed E-state index contributed by atoms with van der Waals surface area (Å²) < 4.78 is 31.6. The lowest BCUT2D eigenvalue weighted by Gasteiger charge is -2.38. The van der Waals surface area contributed by atoms with Crippen molar-refractivity contribution in [2.24, 2.45) is 0 Å². The molecular weight excluding hydrogens is 416 g/mol. The van der Waals surface area contributed by atoms with E-state index in [1.807, 2.05) is 30.3 Å². The monoisotopic (exact) mass is 447 g/mol. The van der Waals surface area contributed by atoms with Crippen LogP contribution in [0.25, 0.3) is 0 Å². The second-order valence-corrected chi connectivity index (χ2v) is 8.35. The fraction of sp³-hybridized carbons (Fsp3) is 0.458. The fourth-order valence-corrected chi connectivity index (χ4v) is 4.07. The number of halogens is 2. The van der Waals surface area contributed by atoms with E-state index in [2.05, 4.69) is 22.2 Å². The van der Waals surface area contributed by atoms with Gasteiger partial charge in [-0.2, -0.15) is 0 Å². The summed E-state index contributed by atoms with van der Waals surface area (Å²) in [6, 6.07) is 14.1. The van der Waals surface area contributed by atoms with Crippen LogP contribution < -0.4 is 10.1 Å². The summed E-state index contributed by atoms with van der Waals surface area (Å²) >= 11 is 5.58. The van der Waals surface area contributed by atoms with Gasteiger partial charge in [-0.05, 0) is 75.1 Å². The molecule has 0 aliphatic carbocycles. The summed E-state index contributed by atoms with van der Waals surface area (Å²) in [6.07, 6.45) is 5.26. The third kappa shape index (κ3) is 7.43. The van der Waals surface area contributed by atoms with Crippen LogP contribution in [0.2, 0.25) is 0 Å². The number of likely N-dealkylation sites (tertiary alicyclic amines) is 1. The van der Waals surface area contributed by atoms with E-state index < -0.39 is 11.6 Å². The molecular formula is C24H31F2N3OS. The number of nitrogens with zero attached hydrogens (tertiary/aromatic N) is 2. The molecule has 1 fully saturated rings. The van der Waals surface area contributed by atoms with E-state index in [1.54, 1.807) is 0 Å². The minimum absolute atomic E-state index is 0.379. The summed E-state index contributed by atoms with van der Waals surface area (Å²) in [4.78, 5) is 4.70. The molecule has 0 radical (unpaired) electrons. The Labute approximate surface area is 189 Å². The molecule has 0 bridgehead atoms. The molecule has 0 saturated carbocycles. The van der Waals surface area contributed by atoms with Gasteiger partial charge in [0.15, 0.2) is 16.7 Å². The van der Waals surface area contributed by atoms with Gasteiger partial charge in [-0.15, -0.1) is 0 Å². The summed E-state index contributed by atoms with van der Waals surface area (Å²) in [6.45, 7) is 3.75. The van der Waals surface area contributed by atoms with Crippen LogP contribution >= 0.6 is 12.2 Å². The Kier molecular flexibility index (Phi) is 9.03. The van der Waals surface area contributed by atoms with E-state index in [0.29, 0.717) is 18.4 Å². The Morgan fingerprint density at radius 3 is 2.52 bits per heavy atom. The van der Waals surface area contributed by atoms with Crippen molar-refractivity contribution in [3.8, 4) is 5.75 Å². The lowest BCUT2D eigenvalue weighted by Crippen LogP contribution is -2.47. The molecule has 0 aromatic heterocycles. The molecule has 1 aliphatic rings. The van der Waals surface area contributed by atoms with E-state index in [0.717, 1.165) is 74.7 Å². The van der Waals surface area contributed by atoms with Crippen molar-refractivity contribution in [3.05, 3.63) is 60.2 Å². The van der Waals surface area contributed by atoms with Crippen LogP contribution in [0.3, 0.4) is 0 Å². The molecule has 31 heavy (non-hydrogen) atoms. The van der Waals surface area contributed by atoms with Crippen LogP contribution in [-0.2, 0) is 0 Å². The topological polar surface area (TPSA) is 27.7 Å². The van der Waals surface area contributed by atoms with Gasteiger partial charge in [0.2, 0.25) is 0 Å². The van der Waals surface area contributed by atoms with E-state index >= 15 is 0 Å². The van der Waals surface area contributed by atoms with E-state index in [9.17, 15) is 8.78 Å². The highest BCUT2D eigenvalue weighted by Gasteiger charge is 2.23. The average molecular weight is 448 g/mol. The number of nitrogens with one attached hydrogen (secondary N) is 1. The smallest absolute Gasteiger partial charge is 0.173 e. The highest BCUT2D eigenvalue weighted by Crippen LogP contribution is 2.18. The zero-order valence-corrected chi connectivity index (χ0v) is 18.8. The van der Waals surface area contributed by atoms with Crippen LogP contribution in [0.5, 0.6) is 5.75 Å². The standard InChI is InChI=1S/C24H31F2N3OS/c1-28(24(31)27-19-8-4-2-5-9-19)20-12-15-29(16-13-20)14-6-3-7-17-30-21-10-11-22(25)23(26)18-21/h2,4-5,8-11,18,20H,3,6-7,12-17H2,1H3,(H,27,31). The number of rotatable bonds is 9. The Hall–Kier alpha value is -2.25. The number of para-hydroxylation sites is 1. The molecule has 1 saturated heterocycles. The number of thiocarbonyl (C=S) groups is 1. The average Bonchev–Trinajstić information content (AvgIpc) is 2.79. The normalized spacial score (nSPS) is 14.9. The summed E-state index contributed by atoms with van der Waals surface area (Å²) in [5.74, 6) is -1.34. The Bertz CT molecular complexity index is 829. The number of unbranched alkanes of at least 4 members (excludes halogenated alkanes) is 2. The molecule has 3 rings (SSSR count). The molecule has 2 aromatic carbocycles. The Balaban J connectivity index is 1.27. The molecule has 0 unspecified atom stereocenters. The van der Waals surface area contributed by atoms with Crippen LogP contribution in [0, 0.1) is 11.6 Å². The summed E-state index contributed by atoms with van der Waals surface area (Å²) in [5.41, 5.74) is 1.02. The van der Waals surface area contributed by atoms with Crippen molar-refractivity contribution in [2.45, 2.75) is 38.1 Å². The third-order valence-corrected chi connectivity index (χ3v) is 6.12. The zero-order chi connectivity index (χ0) is 22.1.